The van der Waals surface area contributed by atoms with Crippen molar-refractivity contribution in [1.29, 1.82) is 0 Å². The lowest BCUT2D eigenvalue weighted by atomic mass is 10.1. The number of carbonyl (C=O) groups excluding carboxylic acids is 2. The van der Waals surface area contributed by atoms with Gasteiger partial charge in [0.2, 0.25) is 0 Å². The van der Waals surface area contributed by atoms with Crippen molar-refractivity contribution in [2.24, 2.45) is 0 Å². The zero-order chi connectivity index (χ0) is 13.2. The lowest BCUT2D eigenvalue weighted by Crippen LogP contribution is -2.41. The molecule has 100 valence electrons. The van der Waals surface area contributed by atoms with E-state index in [4.69, 9.17) is 0 Å². The minimum absolute atomic E-state index is 0.370. The van der Waals surface area contributed by atoms with E-state index < -0.39 is 0 Å². The zero-order valence-electron chi connectivity index (χ0n) is 11.0. The maximum absolute atomic E-state index is 12.1. The number of rotatable bonds is 2. The number of Topliss-reactive ketones (excluding diaryl/α,β-unsaturated/α-hetero) is 1. The van der Waals surface area contributed by atoms with Gasteiger partial charge in [0, 0.05) is 0 Å². The molecule has 0 saturated carbocycles. The molecule has 0 unspecified atom stereocenters. The number of nitrogens with zero attached hydrogens (tertiary/aromatic N) is 2. The molecular weight excluding hydrogens is 240 g/mol. The second-order valence-corrected chi connectivity index (χ2v) is 5.25. The Morgan fingerprint density at radius 2 is 1.63 bits per heavy atom. The normalized spacial score (nSPS) is 20.5. The summed E-state index contributed by atoms with van der Waals surface area (Å²) in [6, 6.07) is 7.27. The predicted molar refractivity (Wildman–Crippen MR) is 73.2 cm³/mol. The SMILES string of the molecule is O=C1C(=O)N(CN2CCCCCC2)c2ccccc21. The molecule has 0 radical (unpaired) electrons. The quantitative estimate of drug-likeness (QED) is 0.762. The van der Waals surface area contributed by atoms with Crippen LogP contribution in [0.1, 0.15) is 36.0 Å². The molecule has 1 amide bonds. The highest BCUT2D eigenvalue weighted by molar-refractivity contribution is 6.52. The molecular formula is C15H18N2O2. The highest BCUT2D eigenvalue weighted by atomic mass is 16.2. The first-order chi connectivity index (χ1) is 9.27. The van der Waals surface area contributed by atoms with E-state index >= 15 is 0 Å². The molecule has 0 aromatic heterocycles. The Morgan fingerprint density at radius 3 is 2.37 bits per heavy atom. The van der Waals surface area contributed by atoms with Crippen molar-refractivity contribution in [2.75, 3.05) is 24.7 Å². The van der Waals surface area contributed by atoms with Gasteiger partial charge in [0.25, 0.3) is 5.78 Å². The first kappa shape index (κ1) is 12.4. The largest absolute Gasteiger partial charge is 0.300 e. The summed E-state index contributed by atoms with van der Waals surface area (Å²) in [7, 11) is 0. The van der Waals surface area contributed by atoms with Gasteiger partial charge < -0.3 is 0 Å². The summed E-state index contributed by atoms with van der Waals surface area (Å²) in [6.07, 6.45) is 4.88. The van der Waals surface area contributed by atoms with Gasteiger partial charge in [-0.05, 0) is 38.1 Å². The number of ketones is 1. The van der Waals surface area contributed by atoms with E-state index in [9.17, 15) is 9.59 Å². The number of para-hydroxylation sites is 1. The van der Waals surface area contributed by atoms with E-state index in [2.05, 4.69) is 4.90 Å². The molecule has 3 rings (SSSR count). The molecule has 1 saturated heterocycles. The first-order valence-corrected chi connectivity index (χ1v) is 6.95. The maximum atomic E-state index is 12.1. The fourth-order valence-electron chi connectivity index (χ4n) is 2.87. The van der Waals surface area contributed by atoms with Crippen molar-refractivity contribution >= 4 is 17.4 Å². The molecule has 19 heavy (non-hydrogen) atoms. The Bertz CT molecular complexity index is 505. The number of carbonyl (C=O) groups is 2. The molecule has 0 aliphatic carbocycles. The Morgan fingerprint density at radius 1 is 0.947 bits per heavy atom. The number of amides is 1. The number of benzene rings is 1. The van der Waals surface area contributed by atoms with Crippen LogP contribution in [0.2, 0.25) is 0 Å². The number of fused-ring (bicyclic) bond motifs is 1. The van der Waals surface area contributed by atoms with Crippen LogP contribution in [0.3, 0.4) is 0 Å². The van der Waals surface area contributed by atoms with E-state index in [0.29, 0.717) is 12.2 Å². The summed E-state index contributed by atoms with van der Waals surface area (Å²) >= 11 is 0. The molecule has 1 fully saturated rings. The van der Waals surface area contributed by atoms with Gasteiger partial charge >= 0.3 is 5.91 Å². The number of anilines is 1. The molecule has 0 atom stereocenters. The van der Waals surface area contributed by atoms with E-state index in [-0.39, 0.29) is 11.7 Å². The van der Waals surface area contributed by atoms with Crippen LogP contribution in [-0.4, -0.2) is 36.3 Å². The average molecular weight is 258 g/mol. The topological polar surface area (TPSA) is 40.6 Å². The molecule has 1 aromatic carbocycles. The monoisotopic (exact) mass is 258 g/mol. The highest BCUT2D eigenvalue weighted by Gasteiger charge is 2.36. The van der Waals surface area contributed by atoms with Crippen LogP contribution in [0, 0.1) is 0 Å². The second-order valence-electron chi connectivity index (χ2n) is 5.25. The zero-order valence-corrected chi connectivity index (χ0v) is 11.0. The van der Waals surface area contributed by atoms with Crippen molar-refractivity contribution in [3.05, 3.63) is 29.8 Å². The van der Waals surface area contributed by atoms with Gasteiger partial charge in [0.15, 0.2) is 0 Å². The molecule has 0 N–H and O–H groups in total. The fourth-order valence-corrected chi connectivity index (χ4v) is 2.87. The molecule has 4 heteroatoms. The molecule has 2 heterocycles. The standard InChI is InChI=1S/C15H18N2O2/c18-14-12-7-3-4-8-13(12)17(15(14)19)11-16-9-5-1-2-6-10-16/h3-4,7-8H,1-2,5-6,9-11H2. The molecule has 0 spiro atoms. The van der Waals surface area contributed by atoms with Crippen LogP contribution < -0.4 is 4.90 Å². The molecule has 2 aliphatic rings. The third kappa shape index (κ3) is 2.28. The predicted octanol–water partition coefficient (Wildman–Crippen LogP) is 2.05. The van der Waals surface area contributed by atoms with Gasteiger partial charge in [-0.2, -0.15) is 0 Å². The van der Waals surface area contributed by atoms with Crippen LogP contribution in [0.25, 0.3) is 0 Å². The van der Waals surface area contributed by atoms with Crippen molar-refractivity contribution in [2.45, 2.75) is 25.7 Å². The number of likely N-dealkylation sites (tertiary alicyclic amines) is 1. The van der Waals surface area contributed by atoms with Gasteiger partial charge in [-0.1, -0.05) is 25.0 Å². The van der Waals surface area contributed by atoms with E-state index in [1.54, 1.807) is 17.0 Å². The highest BCUT2D eigenvalue weighted by Crippen LogP contribution is 2.28. The summed E-state index contributed by atoms with van der Waals surface area (Å²) in [5.74, 6) is -0.754. The molecule has 0 bridgehead atoms. The van der Waals surface area contributed by atoms with E-state index in [0.717, 1.165) is 18.8 Å². The third-order valence-corrected chi connectivity index (χ3v) is 3.92. The summed E-state index contributed by atoms with van der Waals surface area (Å²) in [4.78, 5) is 27.9. The Kier molecular flexibility index (Phi) is 3.34. The third-order valence-electron chi connectivity index (χ3n) is 3.92. The van der Waals surface area contributed by atoms with Crippen molar-refractivity contribution in [3.8, 4) is 0 Å². The van der Waals surface area contributed by atoms with Crippen molar-refractivity contribution in [1.82, 2.24) is 4.90 Å². The minimum atomic E-state index is -0.384. The first-order valence-electron chi connectivity index (χ1n) is 6.95. The van der Waals surface area contributed by atoms with Crippen LogP contribution >= 0.6 is 0 Å². The fraction of sp³-hybridized carbons (Fsp3) is 0.467. The van der Waals surface area contributed by atoms with Crippen LogP contribution in [0.5, 0.6) is 0 Å². The van der Waals surface area contributed by atoms with Crippen molar-refractivity contribution in [3.63, 3.8) is 0 Å². The lowest BCUT2D eigenvalue weighted by molar-refractivity contribution is -0.114. The van der Waals surface area contributed by atoms with Gasteiger partial charge in [-0.25, -0.2) is 0 Å². The van der Waals surface area contributed by atoms with Crippen LogP contribution in [-0.2, 0) is 4.79 Å². The Hall–Kier alpha value is -1.68. The number of hydrogen-bond acceptors (Lipinski definition) is 3. The summed E-state index contributed by atoms with van der Waals surface area (Å²) in [6.45, 7) is 2.57. The van der Waals surface area contributed by atoms with E-state index in [1.165, 1.54) is 25.7 Å². The average Bonchev–Trinajstić information content (AvgIpc) is 2.65. The molecule has 4 nitrogen and oxygen atoms in total. The van der Waals surface area contributed by atoms with Gasteiger partial charge in [-0.15, -0.1) is 0 Å². The smallest absolute Gasteiger partial charge is 0.291 e. The Balaban J connectivity index is 1.81. The van der Waals surface area contributed by atoms with Gasteiger partial charge in [0.1, 0.15) is 0 Å². The Labute approximate surface area is 113 Å². The van der Waals surface area contributed by atoms with Crippen LogP contribution in [0.15, 0.2) is 24.3 Å². The van der Waals surface area contributed by atoms with Gasteiger partial charge in [-0.3, -0.25) is 19.4 Å². The molecule has 1 aromatic rings. The maximum Gasteiger partial charge on any atom is 0.300 e. The second kappa shape index (κ2) is 5.13. The van der Waals surface area contributed by atoms with Gasteiger partial charge in [0.05, 0.1) is 17.9 Å². The molecule has 2 aliphatic heterocycles. The summed E-state index contributed by atoms with van der Waals surface area (Å²) in [5, 5.41) is 0. The van der Waals surface area contributed by atoms with Crippen molar-refractivity contribution < 1.29 is 9.59 Å². The minimum Gasteiger partial charge on any atom is -0.291 e. The number of hydrogen-bond donors (Lipinski definition) is 0. The lowest BCUT2D eigenvalue weighted by Gasteiger charge is -2.26. The summed E-state index contributed by atoms with van der Waals surface area (Å²) < 4.78 is 0. The summed E-state index contributed by atoms with van der Waals surface area (Å²) in [5.41, 5.74) is 1.31. The van der Waals surface area contributed by atoms with E-state index in [1.807, 2.05) is 12.1 Å². The van der Waals surface area contributed by atoms with Crippen LogP contribution in [0.4, 0.5) is 5.69 Å².